The SMILES string of the molecule is CC(C)Cc1ccccc1C(O)(CC(F)(F)C(F)(F)C(F)(F)C(F)(F)C(F)(F)C(F)(F)F)c1ccccc1. The predicted molar refractivity (Wildman–Crippen MR) is 110 cm³/mol. The summed E-state index contributed by atoms with van der Waals surface area (Å²) in [6, 6.07) is 10.2. The highest BCUT2D eigenvalue weighted by Gasteiger charge is 2.90. The second-order valence-electron chi connectivity index (χ2n) is 9.16. The van der Waals surface area contributed by atoms with E-state index in [0.29, 0.717) is 0 Å². The highest BCUT2D eigenvalue weighted by molar-refractivity contribution is 5.42. The average molecular weight is 572 g/mol. The largest absolute Gasteiger partial charge is 0.460 e. The van der Waals surface area contributed by atoms with E-state index < -0.39 is 58.9 Å². The lowest BCUT2D eigenvalue weighted by atomic mass is 9.76. The van der Waals surface area contributed by atoms with Crippen LogP contribution in [0.1, 0.15) is 37.0 Å². The molecule has 0 saturated heterocycles. The molecular formula is C24H21F13O. The van der Waals surface area contributed by atoms with E-state index in [1.165, 1.54) is 18.2 Å². The molecule has 0 saturated carbocycles. The van der Waals surface area contributed by atoms with E-state index in [0.717, 1.165) is 36.4 Å². The van der Waals surface area contributed by atoms with Crippen molar-refractivity contribution < 1.29 is 62.2 Å². The van der Waals surface area contributed by atoms with E-state index in [2.05, 4.69) is 0 Å². The highest BCUT2D eigenvalue weighted by atomic mass is 19.4. The van der Waals surface area contributed by atoms with Crippen molar-refractivity contribution in [3.8, 4) is 0 Å². The zero-order valence-electron chi connectivity index (χ0n) is 19.5. The molecule has 0 aliphatic carbocycles. The van der Waals surface area contributed by atoms with Crippen LogP contribution < -0.4 is 0 Å². The van der Waals surface area contributed by atoms with E-state index in [4.69, 9.17) is 0 Å². The summed E-state index contributed by atoms with van der Waals surface area (Å²) in [6.45, 7) is 3.29. The zero-order valence-corrected chi connectivity index (χ0v) is 19.5. The van der Waals surface area contributed by atoms with Gasteiger partial charge in [-0.15, -0.1) is 0 Å². The smallest absolute Gasteiger partial charge is 0.380 e. The number of rotatable bonds is 10. The summed E-state index contributed by atoms with van der Waals surface area (Å²) in [6.07, 6.45) is -10.2. The Morgan fingerprint density at radius 3 is 1.53 bits per heavy atom. The third-order valence-corrected chi connectivity index (χ3v) is 5.82. The first-order valence-corrected chi connectivity index (χ1v) is 10.8. The third kappa shape index (κ3) is 5.07. The zero-order chi connectivity index (χ0) is 29.6. The molecule has 0 aliphatic heterocycles. The van der Waals surface area contributed by atoms with Crippen molar-refractivity contribution in [3.63, 3.8) is 0 Å². The van der Waals surface area contributed by atoms with Gasteiger partial charge in [0.05, 0.1) is 6.42 Å². The van der Waals surface area contributed by atoms with Crippen LogP contribution in [0.2, 0.25) is 0 Å². The molecule has 2 aromatic rings. The van der Waals surface area contributed by atoms with Gasteiger partial charge in [0.1, 0.15) is 5.60 Å². The molecule has 1 nitrogen and oxygen atoms in total. The maximum absolute atomic E-state index is 14.9. The van der Waals surface area contributed by atoms with Gasteiger partial charge in [0.15, 0.2) is 0 Å². The second kappa shape index (κ2) is 9.91. The quantitative estimate of drug-likeness (QED) is 0.285. The first kappa shape index (κ1) is 31.7. The van der Waals surface area contributed by atoms with Crippen molar-refractivity contribution in [2.75, 3.05) is 0 Å². The number of hydrogen-bond acceptors (Lipinski definition) is 1. The molecule has 0 aromatic heterocycles. The molecule has 0 radical (unpaired) electrons. The molecule has 0 bridgehead atoms. The number of halogens is 13. The van der Waals surface area contributed by atoms with Gasteiger partial charge in [0.25, 0.3) is 0 Å². The van der Waals surface area contributed by atoms with E-state index in [1.807, 2.05) is 0 Å². The maximum Gasteiger partial charge on any atom is 0.460 e. The fraction of sp³-hybridized carbons (Fsp3) is 0.500. The normalized spacial score (nSPS) is 16.0. The third-order valence-electron chi connectivity index (χ3n) is 5.82. The van der Waals surface area contributed by atoms with Crippen LogP contribution in [-0.4, -0.2) is 40.9 Å². The first-order valence-electron chi connectivity index (χ1n) is 10.8. The molecule has 2 aromatic carbocycles. The number of benzene rings is 2. The van der Waals surface area contributed by atoms with Crippen LogP contribution in [0, 0.1) is 5.92 Å². The van der Waals surface area contributed by atoms with Gasteiger partial charge in [-0.25, -0.2) is 0 Å². The molecule has 0 amide bonds. The molecule has 1 atom stereocenters. The minimum atomic E-state index is -8.01. The number of hydrogen-bond donors (Lipinski definition) is 1. The summed E-state index contributed by atoms with van der Waals surface area (Å²) in [5.41, 5.74) is -4.36. The Bertz CT molecular complexity index is 1090. The lowest BCUT2D eigenvalue weighted by Crippen LogP contribution is -2.70. The maximum atomic E-state index is 14.9. The van der Waals surface area contributed by atoms with Gasteiger partial charge in [0.2, 0.25) is 0 Å². The molecule has 0 aliphatic rings. The van der Waals surface area contributed by atoms with Crippen molar-refractivity contribution in [1.82, 2.24) is 0 Å². The molecule has 38 heavy (non-hydrogen) atoms. The summed E-state index contributed by atoms with van der Waals surface area (Å²) < 4.78 is 178. The van der Waals surface area contributed by atoms with Gasteiger partial charge >= 0.3 is 35.8 Å². The topological polar surface area (TPSA) is 20.2 Å². The van der Waals surface area contributed by atoms with Gasteiger partial charge in [-0.05, 0) is 29.0 Å². The van der Waals surface area contributed by atoms with E-state index >= 15 is 0 Å². The minimum Gasteiger partial charge on any atom is -0.380 e. The summed E-state index contributed by atoms with van der Waals surface area (Å²) in [5.74, 6) is -38.0. The summed E-state index contributed by atoms with van der Waals surface area (Å²) in [7, 11) is 0. The van der Waals surface area contributed by atoms with Gasteiger partial charge in [0, 0.05) is 0 Å². The Hall–Kier alpha value is -2.51. The van der Waals surface area contributed by atoms with Crippen LogP contribution in [-0.2, 0) is 12.0 Å². The standard InChI is InChI=1S/C24H21F13O/c1-14(2)12-15-8-6-7-11-17(15)18(38,16-9-4-3-5-10-16)13-19(25,26)20(27,28)21(29,30)22(31,32)23(33,34)24(35,36)37/h3-11,14,38H,12-13H2,1-2H3. The lowest BCUT2D eigenvalue weighted by molar-refractivity contribution is -0.441. The second-order valence-corrected chi connectivity index (χ2v) is 9.16. The van der Waals surface area contributed by atoms with Crippen molar-refractivity contribution >= 4 is 0 Å². The summed E-state index contributed by atoms with van der Waals surface area (Å²) >= 11 is 0. The van der Waals surface area contributed by atoms with Crippen LogP contribution in [0.25, 0.3) is 0 Å². The molecule has 1 unspecified atom stereocenters. The fourth-order valence-corrected chi connectivity index (χ4v) is 3.84. The molecular weight excluding hydrogens is 551 g/mol. The molecule has 0 fully saturated rings. The molecule has 0 heterocycles. The summed E-state index contributed by atoms with van der Waals surface area (Å²) in [4.78, 5) is 0. The first-order chi connectivity index (χ1) is 17.0. The molecule has 14 heteroatoms. The Labute approximate surface area is 208 Å². The Morgan fingerprint density at radius 1 is 0.605 bits per heavy atom. The van der Waals surface area contributed by atoms with Crippen LogP contribution in [0.4, 0.5) is 57.1 Å². The van der Waals surface area contributed by atoms with Crippen LogP contribution in [0.5, 0.6) is 0 Å². The van der Waals surface area contributed by atoms with E-state index in [9.17, 15) is 62.2 Å². The molecule has 1 N–H and O–H groups in total. The van der Waals surface area contributed by atoms with Gasteiger partial charge in [-0.1, -0.05) is 68.4 Å². The van der Waals surface area contributed by atoms with E-state index in [1.54, 1.807) is 13.8 Å². The molecule has 2 rings (SSSR count). The van der Waals surface area contributed by atoms with Crippen molar-refractivity contribution in [2.45, 2.75) is 68.1 Å². The van der Waals surface area contributed by atoms with E-state index in [-0.39, 0.29) is 17.9 Å². The average Bonchev–Trinajstić information content (AvgIpc) is 2.78. The Balaban J connectivity index is 2.74. The minimum absolute atomic E-state index is 0.0271. The van der Waals surface area contributed by atoms with Crippen LogP contribution >= 0.6 is 0 Å². The lowest BCUT2D eigenvalue weighted by Gasteiger charge is -2.42. The van der Waals surface area contributed by atoms with Crippen LogP contribution in [0.15, 0.2) is 54.6 Å². The fourth-order valence-electron chi connectivity index (χ4n) is 3.84. The van der Waals surface area contributed by atoms with Crippen LogP contribution in [0.3, 0.4) is 0 Å². The van der Waals surface area contributed by atoms with Crippen molar-refractivity contribution in [3.05, 3.63) is 71.3 Å². The molecule has 214 valence electrons. The van der Waals surface area contributed by atoms with Crippen molar-refractivity contribution in [1.29, 1.82) is 0 Å². The number of aliphatic hydroxyl groups is 1. The number of alkyl halides is 13. The highest BCUT2D eigenvalue weighted by Crippen LogP contribution is 2.61. The van der Waals surface area contributed by atoms with Crippen molar-refractivity contribution in [2.24, 2.45) is 5.92 Å². The monoisotopic (exact) mass is 572 g/mol. The summed E-state index contributed by atoms with van der Waals surface area (Å²) in [5, 5.41) is 11.3. The van der Waals surface area contributed by atoms with Gasteiger partial charge in [-0.2, -0.15) is 57.1 Å². The predicted octanol–water partition coefficient (Wildman–Crippen LogP) is 8.25. The van der Waals surface area contributed by atoms with Gasteiger partial charge in [-0.3, -0.25) is 0 Å². The molecule has 0 spiro atoms. The Kier molecular flexibility index (Phi) is 8.27. The van der Waals surface area contributed by atoms with Gasteiger partial charge < -0.3 is 5.11 Å². The Morgan fingerprint density at radius 2 is 1.05 bits per heavy atom.